The molecular weight excluding hydrogens is 220 g/mol. The minimum atomic E-state index is 0.178. The molecule has 100 valence electrons. The van der Waals surface area contributed by atoms with Crippen molar-refractivity contribution in [2.24, 2.45) is 11.7 Å². The highest BCUT2D eigenvalue weighted by Gasteiger charge is 2.22. The van der Waals surface area contributed by atoms with Crippen molar-refractivity contribution in [1.29, 1.82) is 0 Å². The lowest BCUT2D eigenvalue weighted by Gasteiger charge is -2.38. The number of nitrogens with two attached hydrogens (primary N) is 1. The smallest absolute Gasteiger partial charge is 0.0368 e. The molecule has 1 heterocycles. The Morgan fingerprint density at radius 1 is 1.22 bits per heavy atom. The zero-order valence-electron chi connectivity index (χ0n) is 11.9. The minimum absolute atomic E-state index is 0.178. The molecular formula is C16H26N2. The van der Waals surface area contributed by atoms with Gasteiger partial charge in [0.05, 0.1) is 0 Å². The number of hydrogen-bond donors (Lipinski definition) is 1. The predicted molar refractivity (Wildman–Crippen MR) is 78.9 cm³/mol. The summed E-state index contributed by atoms with van der Waals surface area (Å²) >= 11 is 0. The molecule has 1 saturated heterocycles. The van der Waals surface area contributed by atoms with E-state index in [2.05, 4.69) is 49.9 Å². The van der Waals surface area contributed by atoms with Crippen molar-refractivity contribution < 1.29 is 0 Å². The third-order valence-corrected chi connectivity index (χ3v) is 4.21. The molecule has 2 unspecified atom stereocenters. The van der Waals surface area contributed by atoms with Gasteiger partial charge in [0.1, 0.15) is 0 Å². The second-order valence-corrected chi connectivity index (χ2v) is 5.79. The van der Waals surface area contributed by atoms with E-state index in [9.17, 15) is 0 Å². The molecule has 0 aliphatic carbocycles. The van der Waals surface area contributed by atoms with Gasteiger partial charge in [0.25, 0.3) is 0 Å². The van der Waals surface area contributed by atoms with E-state index in [0.717, 1.165) is 12.3 Å². The number of nitrogens with zero attached hydrogens (tertiary/aromatic N) is 1. The van der Waals surface area contributed by atoms with Gasteiger partial charge in [0, 0.05) is 24.3 Å². The largest absolute Gasteiger partial charge is 0.369 e. The molecule has 2 heteroatoms. The van der Waals surface area contributed by atoms with Gasteiger partial charge in [-0.15, -0.1) is 0 Å². The van der Waals surface area contributed by atoms with Crippen LogP contribution >= 0.6 is 0 Å². The van der Waals surface area contributed by atoms with E-state index in [1.807, 2.05) is 0 Å². The first kappa shape index (κ1) is 13.4. The Morgan fingerprint density at radius 3 is 2.50 bits per heavy atom. The van der Waals surface area contributed by atoms with E-state index in [1.165, 1.54) is 30.6 Å². The van der Waals surface area contributed by atoms with E-state index in [0.29, 0.717) is 6.04 Å². The van der Waals surface area contributed by atoms with Crippen LogP contribution in [0.5, 0.6) is 0 Å². The minimum Gasteiger partial charge on any atom is -0.369 e. The average molecular weight is 246 g/mol. The normalized spacial score (nSPS) is 26.1. The summed E-state index contributed by atoms with van der Waals surface area (Å²) in [5, 5.41) is 0. The average Bonchev–Trinajstić information content (AvgIpc) is 2.41. The number of piperidine rings is 1. The van der Waals surface area contributed by atoms with Gasteiger partial charge in [-0.3, -0.25) is 0 Å². The Hall–Kier alpha value is -1.02. The number of anilines is 1. The van der Waals surface area contributed by atoms with E-state index in [1.54, 1.807) is 0 Å². The summed E-state index contributed by atoms with van der Waals surface area (Å²) in [7, 11) is 0. The standard InChI is InChI=1S/C16H26N2/c1-4-16(17)14-7-9-15(10-8-14)18-11-12(2)5-6-13(18)3/h7-10,12-13,16H,4-6,11,17H2,1-3H3/t12?,13?,16-/m1/s1. The third-order valence-electron chi connectivity index (χ3n) is 4.21. The van der Waals surface area contributed by atoms with Gasteiger partial charge in [-0.1, -0.05) is 26.0 Å². The zero-order chi connectivity index (χ0) is 13.1. The molecule has 1 aliphatic rings. The van der Waals surface area contributed by atoms with Crippen molar-refractivity contribution >= 4 is 5.69 Å². The van der Waals surface area contributed by atoms with Crippen LogP contribution in [0.4, 0.5) is 5.69 Å². The van der Waals surface area contributed by atoms with Gasteiger partial charge >= 0.3 is 0 Å². The molecule has 1 aliphatic heterocycles. The van der Waals surface area contributed by atoms with Gasteiger partial charge in [0.2, 0.25) is 0 Å². The van der Waals surface area contributed by atoms with Crippen molar-refractivity contribution in [1.82, 2.24) is 0 Å². The van der Waals surface area contributed by atoms with Crippen molar-refractivity contribution in [3.8, 4) is 0 Å². The SMILES string of the molecule is CC[C@@H](N)c1ccc(N2CC(C)CCC2C)cc1. The predicted octanol–water partition coefficient (Wildman–Crippen LogP) is 3.72. The lowest BCUT2D eigenvalue weighted by atomic mass is 9.94. The Kier molecular flexibility index (Phi) is 4.28. The monoisotopic (exact) mass is 246 g/mol. The lowest BCUT2D eigenvalue weighted by Crippen LogP contribution is -2.41. The lowest BCUT2D eigenvalue weighted by molar-refractivity contribution is 0.390. The number of benzene rings is 1. The second-order valence-electron chi connectivity index (χ2n) is 5.79. The van der Waals surface area contributed by atoms with Crippen molar-refractivity contribution in [2.45, 2.75) is 52.1 Å². The van der Waals surface area contributed by atoms with Gasteiger partial charge in [-0.25, -0.2) is 0 Å². The van der Waals surface area contributed by atoms with Crippen molar-refractivity contribution in [3.63, 3.8) is 0 Å². The fourth-order valence-electron chi connectivity index (χ4n) is 2.80. The molecule has 2 N–H and O–H groups in total. The number of hydrogen-bond acceptors (Lipinski definition) is 2. The molecule has 0 aromatic heterocycles. The Morgan fingerprint density at radius 2 is 1.89 bits per heavy atom. The Bertz CT molecular complexity index is 371. The first-order valence-corrected chi connectivity index (χ1v) is 7.24. The molecule has 1 fully saturated rings. The maximum atomic E-state index is 6.06. The van der Waals surface area contributed by atoms with Crippen LogP contribution in [0.1, 0.15) is 51.6 Å². The van der Waals surface area contributed by atoms with Gasteiger partial charge in [0.15, 0.2) is 0 Å². The maximum absolute atomic E-state index is 6.06. The molecule has 0 radical (unpaired) electrons. The van der Waals surface area contributed by atoms with Crippen LogP contribution in [0.3, 0.4) is 0 Å². The van der Waals surface area contributed by atoms with Crippen LogP contribution < -0.4 is 10.6 Å². The summed E-state index contributed by atoms with van der Waals surface area (Å²) in [5.41, 5.74) is 8.66. The molecule has 2 rings (SSSR count). The molecule has 2 nitrogen and oxygen atoms in total. The molecule has 0 saturated carbocycles. The highest BCUT2D eigenvalue weighted by molar-refractivity contribution is 5.49. The summed E-state index contributed by atoms with van der Waals surface area (Å²) in [4.78, 5) is 2.54. The molecule has 0 spiro atoms. The summed E-state index contributed by atoms with van der Waals surface area (Å²) in [6, 6.07) is 9.69. The summed E-state index contributed by atoms with van der Waals surface area (Å²) < 4.78 is 0. The molecule has 18 heavy (non-hydrogen) atoms. The van der Waals surface area contributed by atoms with Gasteiger partial charge in [-0.05, 0) is 49.8 Å². The van der Waals surface area contributed by atoms with E-state index >= 15 is 0 Å². The fourth-order valence-corrected chi connectivity index (χ4v) is 2.80. The van der Waals surface area contributed by atoms with Crippen LogP contribution in [0.25, 0.3) is 0 Å². The summed E-state index contributed by atoms with van der Waals surface area (Å²) in [5.74, 6) is 0.804. The van der Waals surface area contributed by atoms with E-state index < -0.39 is 0 Å². The Labute approximate surface area is 111 Å². The molecule has 0 bridgehead atoms. The topological polar surface area (TPSA) is 29.3 Å². The van der Waals surface area contributed by atoms with Gasteiger partial charge < -0.3 is 10.6 Å². The Balaban J connectivity index is 2.13. The van der Waals surface area contributed by atoms with Crippen LogP contribution in [0.2, 0.25) is 0 Å². The molecule has 0 amide bonds. The van der Waals surface area contributed by atoms with Crippen molar-refractivity contribution in [2.75, 3.05) is 11.4 Å². The summed E-state index contributed by atoms with van der Waals surface area (Å²) in [6.07, 6.45) is 3.66. The summed E-state index contributed by atoms with van der Waals surface area (Å²) in [6.45, 7) is 7.99. The first-order chi connectivity index (χ1) is 8.61. The first-order valence-electron chi connectivity index (χ1n) is 7.24. The third kappa shape index (κ3) is 2.86. The molecule has 3 atom stereocenters. The fraction of sp³-hybridized carbons (Fsp3) is 0.625. The van der Waals surface area contributed by atoms with E-state index in [-0.39, 0.29) is 6.04 Å². The highest BCUT2D eigenvalue weighted by atomic mass is 15.2. The molecule has 1 aromatic carbocycles. The molecule has 1 aromatic rings. The van der Waals surface area contributed by atoms with Crippen molar-refractivity contribution in [3.05, 3.63) is 29.8 Å². The van der Waals surface area contributed by atoms with Crippen LogP contribution in [-0.2, 0) is 0 Å². The van der Waals surface area contributed by atoms with Crippen LogP contribution in [0, 0.1) is 5.92 Å². The quantitative estimate of drug-likeness (QED) is 0.880. The van der Waals surface area contributed by atoms with Crippen LogP contribution in [-0.4, -0.2) is 12.6 Å². The van der Waals surface area contributed by atoms with E-state index in [4.69, 9.17) is 5.73 Å². The maximum Gasteiger partial charge on any atom is 0.0368 e. The van der Waals surface area contributed by atoms with Crippen LogP contribution in [0.15, 0.2) is 24.3 Å². The van der Waals surface area contributed by atoms with Gasteiger partial charge in [-0.2, -0.15) is 0 Å². The highest BCUT2D eigenvalue weighted by Crippen LogP contribution is 2.28. The second kappa shape index (κ2) is 5.75. The number of rotatable bonds is 3. The zero-order valence-corrected chi connectivity index (χ0v) is 11.9.